The summed E-state index contributed by atoms with van der Waals surface area (Å²) >= 11 is 0. The SMILES string of the molecule is CN(CCC1CCNCC1)CC1CCC(n2cc(NC(=O)c3cnn4ccc(N5C[C@H]6C[C@@H]5CO6)nc34)c(C(F)F)n2)CC1. The summed E-state index contributed by atoms with van der Waals surface area (Å²) in [5.41, 5.74) is 0.240. The Labute approximate surface area is 256 Å². The lowest BCUT2D eigenvalue weighted by atomic mass is 9.85. The number of halogens is 2. The van der Waals surface area contributed by atoms with E-state index in [1.807, 2.05) is 6.07 Å². The normalized spacial score (nSPS) is 26.0. The van der Waals surface area contributed by atoms with E-state index in [9.17, 15) is 13.6 Å². The third-order valence-electron chi connectivity index (χ3n) is 10.1. The van der Waals surface area contributed by atoms with Crippen molar-refractivity contribution in [1.29, 1.82) is 0 Å². The zero-order chi connectivity index (χ0) is 30.2. The molecule has 4 aliphatic rings. The largest absolute Gasteiger partial charge is 0.374 e. The van der Waals surface area contributed by atoms with Crippen LogP contribution in [0.1, 0.15) is 79.9 Å². The predicted octanol–water partition coefficient (Wildman–Crippen LogP) is 4.15. The smallest absolute Gasteiger partial charge is 0.284 e. The molecule has 238 valence electrons. The van der Waals surface area contributed by atoms with Gasteiger partial charge in [-0.1, -0.05) is 0 Å². The zero-order valence-electron chi connectivity index (χ0n) is 25.4. The molecule has 0 radical (unpaired) electrons. The number of hydrogen-bond donors (Lipinski definition) is 2. The lowest BCUT2D eigenvalue weighted by molar-refractivity contribution is 0.0988. The van der Waals surface area contributed by atoms with Crippen molar-refractivity contribution in [3.8, 4) is 0 Å². The number of aromatic nitrogens is 5. The van der Waals surface area contributed by atoms with Gasteiger partial charge in [0.15, 0.2) is 11.3 Å². The Morgan fingerprint density at radius 2 is 1.98 bits per heavy atom. The molecule has 2 bridgehead atoms. The van der Waals surface area contributed by atoms with Gasteiger partial charge in [-0.25, -0.2) is 18.3 Å². The first kappa shape index (κ1) is 29.5. The zero-order valence-corrected chi connectivity index (χ0v) is 25.4. The van der Waals surface area contributed by atoms with E-state index in [1.54, 1.807) is 17.1 Å². The first-order valence-corrected chi connectivity index (χ1v) is 16.2. The van der Waals surface area contributed by atoms with Gasteiger partial charge in [-0.2, -0.15) is 10.2 Å². The van der Waals surface area contributed by atoms with Gasteiger partial charge in [0.25, 0.3) is 12.3 Å². The average Bonchev–Trinajstić information content (AvgIpc) is 3.84. The van der Waals surface area contributed by atoms with Crippen LogP contribution in [-0.4, -0.2) is 93.7 Å². The Morgan fingerprint density at radius 3 is 2.70 bits per heavy atom. The highest BCUT2D eigenvalue weighted by Gasteiger charge is 2.40. The second-order valence-corrected chi connectivity index (χ2v) is 13.2. The van der Waals surface area contributed by atoms with E-state index in [4.69, 9.17) is 9.72 Å². The van der Waals surface area contributed by atoms with Crippen LogP contribution in [0.4, 0.5) is 20.3 Å². The second-order valence-electron chi connectivity index (χ2n) is 13.2. The molecule has 4 fully saturated rings. The molecule has 3 saturated heterocycles. The third-order valence-corrected chi connectivity index (χ3v) is 10.1. The maximum absolute atomic E-state index is 14.1. The molecule has 3 aromatic rings. The standard InChI is InChI=1S/C31H43F2N9O2/c1-39(12-8-20-6-10-34-11-7-20)16-21-2-4-22(5-3-21)42-18-26(28(38-42)29(32)33)36-31(43)25-15-35-41-13-9-27(37-30(25)41)40-17-24-14-23(40)19-44-24/h9,13,15,18,20-24,29,34H,2-8,10-12,14,16-17,19H2,1H3,(H,36,43)/t21?,22?,23-,24-/m1/s1. The molecule has 1 aliphatic carbocycles. The fraction of sp³-hybridized carbons (Fsp3) is 0.677. The monoisotopic (exact) mass is 611 g/mol. The summed E-state index contributed by atoms with van der Waals surface area (Å²) in [6, 6.07) is 2.19. The van der Waals surface area contributed by atoms with E-state index < -0.39 is 18.0 Å². The van der Waals surface area contributed by atoms with Gasteiger partial charge in [0.2, 0.25) is 0 Å². The number of rotatable bonds is 10. The number of morpholine rings is 1. The van der Waals surface area contributed by atoms with Crippen LogP contribution < -0.4 is 15.5 Å². The van der Waals surface area contributed by atoms with E-state index in [1.165, 1.54) is 30.0 Å². The topological polar surface area (TPSA) is 105 Å². The summed E-state index contributed by atoms with van der Waals surface area (Å²) in [5, 5.41) is 14.7. The Bertz CT molecular complexity index is 1450. The maximum Gasteiger partial charge on any atom is 0.284 e. The average molecular weight is 612 g/mol. The Hall–Kier alpha value is -3.16. The molecular formula is C31H43F2N9O2. The van der Waals surface area contributed by atoms with Crippen molar-refractivity contribution in [2.45, 2.75) is 76.0 Å². The third kappa shape index (κ3) is 6.18. The minimum Gasteiger partial charge on any atom is -0.374 e. The summed E-state index contributed by atoms with van der Waals surface area (Å²) in [6.07, 6.45) is 10.8. The van der Waals surface area contributed by atoms with Crippen molar-refractivity contribution in [2.24, 2.45) is 11.8 Å². The molecule has 3 aromatic heterocycles. The van der Waals surface area contributed by atoms with Crippen LogP contribution in [-0.2, 0) is 4.74 Å². The van der Waals surface area contributed by atoms with Crippen LogP contribution in [0.25, 0.3) is 5.65 Å². The molecule has 1 saturated carbocycles. The van der Waals surface area contributed by atoms with Crippen molar-refractivity contribution in [3.05, 3.63) is 35.9 Å². The van der Waals surface area contributed by atoms with Crippen LogP contribution in [0, 0.1) is 11.8 Å². The lowest BCUT2D eigenvalue weighted by Crippen LogP contribution is -2.37. The van der Waals surface area contributed by atoms with Gasteiger partial charge in [0, 0.05) is 25.5 Å². The molecule has 2 atom stereocenters. The second kappa shape index (κ2) is 12.7. The van der Waals surface area contributed by atoms with Gasteiger partial charge in [0.1, 0.15) is 11.4 Å². The molecule has 13 heteroatoms. The van der Waals surface area contributed by atoms with E-state index in [2.05, 4.69) is 37.7 Å². The molecule has 3 aliphatic heterocycles. The van der Waals surface area contributed by atoms with Gasteiger partial charge in [-0.3, -0.25) is 9.48 Å². The minimum absolute atomic E-state index is 0.0364. The van der Waals surface area contributed by atoms with E-state index >= 15 is 0 Å². The Morgan fingerprint density at radius 1 is 1.16 bits per heavy atom. The maximum atomic E-state index is 14.1. The molecule has 0 spiro atoms. The highest BCUT2D eigenvalue weighted by atomic mass is 19.3. The fourth-order valence-corrected chi connectivity index (χ4v) is 7.60. The van der Waals surface area contributed by atoms with Crippen molar-refractivity contribution >= 4 is 23.1 Å². The number of amides is 1. The Balaban J connectivity index is 0.978. The number of anilines is 2. The van der Waals surface area contributed by atoms with Crippen LogP contribution in [0.3, 0.4) is 0 Å². The number of ether oxygens (including phenoxy) is 1. The predicted molar refractivity (Wildman–Crippen MR) is 162 cm³/mol. The van der Waals surface area contributed by atoms with Crippen molar-refractivity contribution < 1.29 is 18.3 Å². The summed E-state index contributed by atoms with van der Waals surface area (Å²) in [5.74, 6) is 1.65. The minimum atomic E-state index is -2.81. The van der Waals surface area contributed by atoms with Crippen LogP contribution in [0.5, 0.6) is 0 Å². The van der Waals surface area contributed by atoms with Crippen LogP contribution in [0.2, 0.25) is 0 Å². The lowest BCUT2D eigenvalue weighted by Gasteiger charge is -2.32. The summed E-state index contributed by atoms with van der Waals surface area (Å²) < 4.78 is 37.1. The number of fused-ring (bicyclic) bond motifs is 3. The van der Waals surface area contributed by atoms with Crippen molar-refractivity contribution in [3.63, 3.8) is 0 Å². The van der Waals surface area contributed by atoms with Gasteiger partial charge < -0.3 is 25.2 Å². The molecule has 11 nitrogen and oxygen atoms in total. The molecule has 0 aromatic carbocycles. The molecule has 6 heterocycles. The summed E-state index contributed by atoms with van der Waals surface area (Å²) in [6.45, 7) is 5.91. The summed E-state index contributed by atoms with van der Waals surface area (Å²) in [7, 11) is 2.22. The molecule has 1 amide bonds. The first-order valence-electron chi connectivity index (χ1n) is 16.2. The first-order chi connectivity index (χ1) is 21.4. The molecular weight excluding hydrogens is 568 g/mol. The van der Waals surface area contributed by atoms with Gasteiger partial charge in [0.05, 0.1) is 36.7 Å². The number of hydrogen-bond acceptors (Lipinski definition) is 8. The van der Waals surface area contributed by atoms with E-state index in [-0.39, 0.29) is 29.4 Å². The Kier molecular flexibility index (Phi) is 8.52. The van der Waals surface area contributed by atoms with Crippen molar-refractivity contribution in [1.82, 2.24) is 34.6 Å². The number of carbonyl (C=O) groups excluding carboxylic acids is 1. The molecule has 0 unspecified atom stereocenters. The quantitative estimate of drug-likeness (QED) is 0.353. The van der Waals surface area contributed by atoms with Crippen molar-refractivity contribution in [2.75, 3.05) is 56.6 Å². The molecule has 7 rings (SSSR count). The number of piperidine rings is 1. The van der Waals surface area contributed by atoms with Gasteiger partial charge >= 0.3 is 0 Å². The number of alkyl halides is 2. The summed E-state index contributed by atoms with van der Waals surface area (Å²) in [4.78, 5) is 22.8. The van der Waals surface area contributed by atoms with E-state index in [0.717, 1.165) is 76.6 Å². The number of nitrogens with one attached hydrogen (secondary N) is 2. The van der Waals surface area contributed by atoms with Gasteiger partial charge in [-0.15, -0.1) is 0 Å². The number of carbonyl (C=O) groups is 1. The highest BCUT2D eigenvalue weighted by Crippen LogP contribution is 2.36. The van der Waals surface area contributed by atoms with Crippen LogP contribution >= 0.6 is 0 Å². The van der Waals surface area contributed by atoms with Crippen LogP contribution in [0.15, 0.2) is 24.7 Å². The van der Waals surface area contributed by atoms with Gasteiger partial charge in [-0.05, 0) is 96.0 Å². The fourth-order valence-electron chi connectivity index (χ4n) is 7.60. The molecule has 44 heavy (non-hydrogen) atoms. The molecule has 2 N–H and O–H groups in total. The number of nitrogens with zero attached hydrogens (tertiary/aromatic N) is 7. The highest BCUT2D eigenvalue weighted by molar-refractivity contribution is 6.08. The van der Waals surface area contributed by atoms with E-state index in [0.29, 0.717) is 18.2 Å².